The van der Waals surface area contributed by atoms with Crippen molar-refractivity contribution >= 4 is 0 Å². The van der Waals surface area contributed by atoms with E-state index in [1.165, 1.54) is 4.90 Å². The van der Waals surface area contributed by atoms with Crippen LogP contribution in [0, 0.1) is 5.92 Å². The van der Waals surface area contributed by atoms with E-state index in [1.807, 2.05) is 10.6 Å². The second-order valence-electron chi connectivity index (χ2n) is 6.78. The van der Waals surface area contributed by atoms with Crippen LogP contribution in [0.4, 0.5) is 0 Å². The third-order valence-electron chi connectivity index (χ3n) is 4.94. The summed E-state index contributed by atoms with van der Waals surface area (Å²) in [5.41, 5.74) is 1.28. The first-order chi connectivity index (χ1) is 11.2. The number of aliphatic hydroxyl groups excluding tert-OH is 1. The maximum absolute atomic E-state index is 12.0. The molecule has 1 unspecified atom stereocenters. The van der Waals surface area contributed by atoms with Crippen LogP contribution in [0.3, 0.4) is 0 Å². The number of aromatic nitrogens is 1. The molecule has 1 saturated heterocycles. The van der Waals surface area contributed by atoms with Gasteiger partial charge in [-0.05, 0) is 12.5 Å². The molecular formula is C17H27N2O4+. The Balaban J connectivity index is 1.56. The summed E-state index contributed by atoms with van der Waals surface area (Å²) >= 11 is 0. The van der Waals surface area contributed by atoms with Gasteiger partial charge in [-0.3, -0.25) is 4.79 Å². The topological polar surface area (TPSA) is 65.1 Å². The Bertz CT molecular complexity index is 574. The first-order valence-corrected chi connectivity index (χ1v) is 8.45. The average Bonchev–Trinajstić information content (AvgIpc) is 2.53. The van der Waals surface area contributed by atoms with Crippen LogP contribution in [-0.2, 0) is 16.0 Å². The minimum atomic E-state index is -0.446. The Labute approximate surface area is 136 Å². The number of nitrogens with one attached hydrogen (secondary N) is 1. The molecular weight excluding hydrogens is 296 g/mol. The Morgan fingerprint density at radius 3 is 3.09 bits per heavy atom. The number of nitrogens with zero attached hydrogens (tertiary/aromatic N) is 1. The van der Waals surface area contributed by atoms with Crippen LogP contribution in [0.15, 0.2) is 23.0 Å². The van der Waals surface area contributed by atoms with E-state index in [2.05, 4.69) is 6.07 Å². The maximum atomic E-state index is 12.0. The molecule has 2 N–H and O–H groups in total. The molecule has 2 aliphatic rings. The molecule has 4 atom stereocenters. The monoisotopic (exact) mass is 323 g/mol. The van der Waals surface area contributed by atoms with Crippen LogP contribution in [0.25, 0.3) is 0 Å². The minimum absolute atomic E-state index is 0.118. The molecule has 0 aliphatic carbocycles. The van der Waals surface area contributed by atoms with Gasteiger partial charge in [0.25, 0.3) is 5.56 Å². The van der Waals surface area contributed by atoms with E-state index >= 15 is 0 Å². The molecule has 2 aliphatic heterocycles. The molecule has 2 bridgehead atoms. The molecule has 6 heteroatoms. The number of methoxy groups -OCH3 is 1. The molecule has 1 aromatic rings. The fourth-order valence-corrected chi connectivity index (χ4v) is 4.04. The summed E-state index contributed by atoms with van der Waals surface area (Å²) in [4.78, 5) is 13.4. The molecule has 3 rings (SSSR count). The van der Waals surface area contributed by atoms with E-state index in [0.29, 0.717) is 38.2 Å². The number of aliphatic hydroxyl groups is 1. The Morgan fingerprint density at radius 2 is 2.26 bits per heavy atom. The van der Waals surface area contributed by atoms with Gasteiger partial charge in [0.2, 0.25) is 0 Å². The summed E-state index contributed by atoms with van der Waals surface area (Å²) in [6.45, 7) is 4.95. The molecule has 0 saturated carbocycles. The van der Waals surface area contributed by atoms with Crippen LogP contribution in [0.5, 0.6) is 0 Å². The quantitative estimate of drug-likeness (QED) is 0.624. The van der Waals surface area contributed by atoms with Gasteiger partial charge in [0.15, 0.2) is 0 Å². The molecule has 1 aromatic heterocycles. The van der Waals surface area contributed by atoms with E-state index in [1.54, 1.807) is 13.2 Å². The number of piperidine rings is 1. The first kappa shape index (κ1) is 16.6. The summed E-state index contributed by atoms with van der Waals surface area (Å²) in [6.07, 6.45) is 0.714. The van der Waals surface area contributed by atoms with Gasteiger partial charge in [-0.2, -0.15) is 0 Å². The number of hydrogen-bond donors (Lipinski definition) is 2. The van der Waals surface area contributed by atoms with E-state index < -0.39 is 6.10 Å². The van der Waals surface area contributed by atoms with Crippen LogP contribution >= 0.6 is 0 Å². The fraction of sp³-hybridized carbons (Fsp3) is 0.706. The molecule has 0 spiro atoms. The van der Waals surface area contributed by atoms with Gasteiger partial charge < -0.3 is 24.0 Å². The molecule has 128 valence electrons. The predicted octanol–water partition coefficient (Wildman–Crippen LogP) is -1.13. The fourth-order valence-electron chi connectivity index (χ4n) is 4.04. The summed E-state index contributed by atoms with van der Waals surface area (Å²) in [5.74, 6) is 0.950. The van der Waals surface area contributed by atoms with Gasteiger partial charge in [0, 0.05) is 37.3 Å². The molecule has 0 aromatic carbocycles. The lowest BCUT2D eigenvalue weighted by molar-refractivity contribution is -0.914. The predicted molar refractivity (Wildman–Crippen MR) is 85.8 cm³/mol. The van der Waals surface area contributed by atoms with E-state index in [-0.39, 0.29) is 5.56 Å². The summed E-state index contributed by atoms with van der Waals surface area (Å²) in [5, 5.41) is 10.2. The van der Waals surface area contributed by atoms with Crippen molar-refractivity contribution in [1.82, 2.24) is 4.57 Å². The van der Waals surface area contributed by atoms with Crippen molar-refractivity contribution in [2.45, 2.75) is 25.0 Å². The zero-order chi connectivity index (χ0) is 16.2. The van der Waals surface area contributed by atoms with Gasteiger partial charge in [-0.25, -0.2) is 0 Å². The SMILES string of the molecule is COCCOC[C@H](O)C[NH+]1C[C@@H]2C[C@H](C1)c1cccc(=O)n1C2. The van der Waals surface area contributed by atoms with E-state index in [4.69, 9.17) is 9.47 Å². The Kier molecular flexibility index (Phi) is 5.48. The smallest absolute Gasteiger partial charge is 0.250 e. The lowest BCUT2D eigenvalue weighted by Crippen LogP contribution is -3.15. The number of likely N-dealkylation sites (tertiary alicyclic amines) is 1. The van der Waals surface area contributed by atoms with Crippen molar-refractivity contribution in [1.29, 1.82) is 0 Å². The van der Waals surface area contributed by atoms with Gasteiger partial charge in [0.05, 0.1) is 32.9 Å². The number of fused-ring (bicyclic) bond motifs is 4. The maximum Gasteiger partial charge on any atom is 0.250 e. The molecule has 6 nitrogen and oxygen atoms in total. The van der Waals surface area contributed by atoms with Gasteiger partial charge in [0.1, 0.15) is 12.6 Å². The largest absolute Gasteiger partial charge is 0.385 e. The van der Waals surface area contributed by atoms with Gasteiger partial charge in [-0.15, -0.1) is 0 Å². The van der Waals surface area contributed by atoms with Crippen molar-refractivity contribution in [3.63, 3.8) is 0 Å². The summed E-state index contributed by atoms with van der Waals surface area (Å²) < 4.78 is 12.3. The minimum Gasteiger partial charge on any atom is -0.385 e. The lowest BCUT2D eigenvalue weighted by Gasteiger charge is -2.40. The lowest BCUT2D eigenvalue weighted by atomic mass is 9.83. The highest BCUT2D eigenvalue weighted by Crippen LogP contribution is 2.29. The molecule has 1 fully saturated rings. The van der Waals surface area contributed by atoms with E-state index in [0.717, 1.165) is 31.7 Å². The van der Waals surface area contributed by atoms with Crippen molar-refractivity contribution in [3.05, 3.63) is 34.2 Å². The standard InChI is InChI=1S/C17H26N2O4/c1-22-5-6-23-12-15(20)11-18-8-13-7-14(10-18)16-3-2-4-17(21)19(16)9-13/h2-4,13-15,20H,5-12H2,1H3/p+1/t13-,14+,15+/m0/s1. The molecule has 0 radical (unpaired) electrons. The number of hydrogen-bond acceptors (Lipinski definition) is 4. The number of rotatable bonds is 7. The third kappa shape index (κ3) is 4.01. The van der Waals surface area contributed by atoms with Crippen LogP contribution in [0.1, 0.15) is 18.0 Å². The second kappa shape index (κ2) is 7.57. The summed E-state index contributed by atoms with van der Waals surface area (Å²) in [6, 6.07) is 5.59. The number of ether oxygens (including phenoxy) is 2. The van der Waals surface area contributed by atoms with E-state index in [9.17, 15) is 9.90 Å². The van der Waals surface area contributed by atoms with Crippen LogP contribution in [0.2, 0.25) is 0 Å². The highest BCUT2D eigenvalue weighted by atomic mass is 16.5. The van der Waals surface area contributed by atoms with Crippen molar-refractivity contribution < 1.29 is 19.5 Å². The van der Waals surface area contributed by atoms with Crippen molar-refractivity contribution in [2.75, 3.05) is 46.6 Å². The number of pyridine rings is 1. The summed E-state index contributed by atoms with van der Waals surface area (Å²) in [7, 11) is 1.64. The molecule has 3 heterocycles. The van der Waals surface area contributed by atoms with Gasteiger partial charge >= 0.3 is 0 Å². The normalized spacial score (nSPS) is 27.5. The van der Waals surface area contributed by atoms with Crippen LogP contribution < -0.4 is 10.5 Å². The third-order valence-corrected chi connectivity index (χ3v) is 4.94. The molecule has 23 heavy (non-hydrogen) atoms. The average molecular weight is 323 g/mol. The highest BCUT2D eigenvalue weighted by molar-refractivity contribution is 5.15. The van der Waals surface area contributed by atoms with Crippen molar-refractivity contribution in [3.8, 4) is 0 Å². The number of quaternary nitrogens is 1. The van der Waals surface area contributed by atoms with Gasteiger partial charge in [-0.1, -0.05) is 6.07 Å². The van der Waals surface area contributed by atoms with Crippen LogP contribution in [-0.4, -0.2) is 62.3 Å². The van der Waals surface area contributed by atoms with Crippen molar-refractivity contribution in [2.24, 2.45) is 5.92 Å². The Hall–Kier alpha value is -1.21. The zero-order valence-corrected chi connectivity index (χ0v) is 13.7. The zero-order valence-electron chi connectivity index (χ0n) is 13.7. The first-order valence-electron chi connectivity index (χ1n) is 8.45. The second-order valence-corrected chi connectivity index (χ2v) is 6.78. The molecule has 0 amide bonds. The Morgan fingerprint density at radius 1 is 1.39 bits per heavy atom. The highest BCUT2D eigenvalue weighted by Gasteiger charge is 2.37.